The normalized spacial score (nSPS) is 17.6. The minimum atomic E-state index is -3.55. The van der Waals surface area contributed by atoms with Crippen LogP contribution in [-0.4, -0.2) is 62.4 Å². The van der Waals surface area contributed by atoms with E-state index in [2.05, 4.69) is 10.6 Å². The predicted molar refractivity (Wildman–Crippen MR) is 111 cm³/mol. The van der Waals surface area contributed by atoms with Gasteiger partial charge in [-0.15, -0.1) is 0 Å². The van der Waals surface area contributed by atoms with Gasteiger partial charge in [0.25, 0.3) is 5.91 Å². The quantitative estimate of drug-likeness (QED) is 0.642. The van der Waals surface area contributed by atoms with Gasteiger partial charge in [-0.05, 0) is 64.8 Å². The van der Waals surface area contributed by atoms with Gasteiger partial charge in [0, 0.05) is 5.54 Å². The van der Waals surface area contributed by atoms with Crippen LogP contribution in [0.4, 0.5) is 4.79 Å². The van der Waals surface area contributed by atoms with Gasteiger partial charge in [0.05, 0.1) is 31.1 Å². The van der Waals surface area contributed by atoms with E-state index in [1.165, 1.54) is 4.31 Å². The molecule has 3 amide bonds. The van der Waals surface area contributed by atoms with Crippen molar-refractivity contribution in [3.05, 3.63) is 29.3 Å². The predicted octanol–water partition coefficient (Wildman–Crippen LogP) is 0.205. The van der Waals surface area contributed by atoms with Crippen LogP contribution in [0.5, 0.6) is 0 Å². The highest BCUT2D eigenvalue weighted by Crippen LogP contribution is 2.19. The monoisotopic (exact) mass is 425 g/mol. The highest BCUT2D eigenvalue weighted by molar-refractivity contribution is 7.89. The van der Waals surface area contributed by atoms with E-state index in [1.54, 1.807) is 19.1 Å². The molecule has 1 heterocycles. The van der Waals surface area contributed by atoms with Crippen LogP contribution in [0, 0.1) is 13.8 Å². The van der Waals surface area contributed by atoms with Gasteiger partial charge in [-0.2, -0.15) is 4.31 Å². The lowest BCUT2D eigenvalue weighted by atomic mass is 10.1. The van der Waals surface area contributed by atoms with Crippen LogP contribution >= 0.6 is 0 Å². The summed E-state index contributed by atoms with van der Waals surface area (Å²) in [4.78, 5) is 25.5. The second-order valence-corrected chi connectivity index (χ2v) is 10.7. The van der Waals surface area contributed by atoms with Gasteiger partial charge in [0.15, 0.2) is 6.04 Å². The van der Waals surface area contributed by atoms with Gasteiger partial charge in [-0.1, -0.05) is 6.07 Å². The summed E-state index contributed by atoms with van der Waals surface area (Å²) in [5.41, 5.74) is 1.55. The Bertz CT molecular complexity index is 869. The highest BCUT2D eigenvalue weighted by atomic mass is 32.2. The number of hydrogen-bond donors (Lipinski definition) is 3. The van der Waals surface area contributed by atoms with Crippen LogP contribution in [0.15, 0.2) is 23.1 Å². The number of piperazine rings is 1. The first kappa shape index (κ1) is 23.3. The van der Waals surface area contributed by atoms with Gasteiger partial charge in [-0.3, -0.25) is 10.1 Å². The van der Waals surface area contributed by atoms with E-state index in [0.717, 1.165) is 16.0 Å². The number of carbonyl (C=O) groups is 2. The number of sulfonamides is 1. The molecule has 1 fully saturated rings. The van der Waals surface area contributed by atoms with E-state index in [-0.39, 0.29) is 5.91 Å². The van der Waals surface area contributed by atoms with E-state index >= 15 is 0 Å². The number of aryl methyl sites for hydroxylation is 2. The molecular weight excluding hydrogens is 392 g/mol. The molecule has 1 aliphatic heterocycles. The third kappa shape index (κ3) is 6.01. The van der Waals surface area contributed by atoms with E-state index < -0.39 is 27.6 Å². The first-order valence-corrected chi connectivity index (χ1v) is 11.3. The number of nitrogens with one attached hydrogen (secondary N) is 3. The third-order valence-electron chi connectivity index (χ3n) is 5.21. The molecule has 0 aliphatic carbocycles. The summed E-state index contributed by atoms with van der Waals surface area (Å²) in [5, 5.41) is 5.06. The van der Waals surface area contributed by atoms with E-state index in [4.69, 9.17) is 0 Å². The zero-order valence-electron chi connectivity index (χ0n) is 18.1. The smallest absolute Gasteiger partial charge is 0.322 e. The SMILES string of the molecule is Cc1ccc(S(=O)(=O)N2CC[NH+]([C@H](C)C(=O)NC(=O)NC(C)(C)C)CC2)cc1C. The summed E-state index contributed by atoms with van der Waals surface area (Å²) in [5.74, 6) is -0.368. The van der Waals surface area contributed by atoms with Crippen LogP contribution in [0.3, 0.4) is 0 Å². The van der Waals surface area contributed by atoms with Crippen LogP contribution < -0.4 is 15.5 Å². The summed E-state index contributed by atoms with van der Waals surface area (Å²) in [6.07, 6.45) is 0. The maximum Gasteiger partial charge on any atom is 0.322 e. The van der Waals surface area contributed by atoms with Crippen molar-refractivity contribution in [2.45, 2.75) is 58.0 Å². The molecule has 1 aliphatic rings. The number of nitrogens with zero attached hydrogens (tertiary/aromatic N) is 1. The molecule has 1 aromatic carbocycles. The fourth-order valence-electron chi connectivity index (χ4n) is 3.25. The molecule has 1 saturated heterocycles. The molecule has 0 saturated carbocycles. The van der Waals surface area contributed by atoms with Gasteiger partial charge in [-0.25, -0.2) is 13.2 Å². The second kappa shape index (κ2) is 8.81. The van der Waals surface area contributed by atoms with Crippen molar-refractivity contribution in [1.29, 1.82) is 0 Å². The van der Waals surface area contributed by atoms with Gasteiger partial charge < -0.3 is 10.2 Å². The molecule has 162 valence electrons. The topological polar surface area (TPSA) is 100 Å². The number of benzene rings is 1. The number of rotatable bonds is 4. The number of quaternary nitrogens is 1. The van der Waals surface area contributed by atoms with Crippen molar-refractivity contribution in [1.82, 2.24) is 14.9 Å². The molecule has 0 aromatic heterocycles. The number of imide groups is 1. The van der Waals surface area contributed by atoms with Gasteiger partial charge in [0.1, 0.15) is 0 Å². The molecule has 1 aromatic rings. The molecule has 1 atom stereocenters. The van der Waals surface area contributed by atoms with E-state index in [9.17, 15) is 18.0 Å². The molecule has 0 spiro atoms. The number of urea groups is 1. The maximum absolute atomic E-state index is 12.9. The largest absolute Gasteiger partial charge is 0.333 e. The maximum atomic E-state index is 12.9. The van der Waals surface area contributed by atoms with Crippen molar-refractivity contribution >= 4 is 22.0 Å². The van der Waals surface area contributed by atoms with Gasteiger partial charge in [0.2, 0.25) is 10.0 Å². The Hall–Kier alpha value is -1.97. The Morgan fingerprint density at radius 3 is 2.21 bits per heavy atom. The molecule has 9 heteroatoms. The zero-order valence-corrected chi connectivity index (χ0v) is 18.9. The Balaban J connectivity index is 1.96. The van der Waals surface area contributed by atoms with Crippen LogP contribution in [0.2, 0.25) is 0 Å². The zero-order chi connectivity index (χ0) is 22.0. The fraction of sp³-hybridized carbons (Fsp3) is 0.600. The van der Waals surface area contributed by atoms with Gasteiger partial charge >= 0.3 is 6.03 Å². The lowest BCUT2D eigenvalue weighted by molar-refractivity contribution is -0.917. The molecule has 0 bridgehead atoms. The summed E-state index contributed by atoms with van der Waals surface area (Å²) in [7, 11) is -3.55. The number of carbonyl (C=O) groups excluding carboxylic acids is 2. The minimum Gasteiger partial charge on any atom is -0.333 e. The Morgan fingerprint density at radius 2 is 1.69 bits per heavy atom. The average Bonchev–Trinajstić information content (AvgIpc) is 2.61. The first-order valence-electron chi connectivity index (χ1n) is 9.86. The third-order valence-corrected chi connectivity index (χ3v) is 7.11. The summed E-state index contributed by atoms with van der Waals surface area (Å²) in [6.45, 7) is 12.8. The summed E-state index contributed by atoms with van der Waals surface area (Å²) < 4.78 is 27.3. The first-order chi connectivity index (χ1) is 13.3. The number of amides is 3. The molecule has 0 unspecified atom stereocenters. The lowest BCUT2D eigenvalue weighted by Gasteiger charge is -2.34. The second-order valence-electron chi connectivity index (χ2n) is 8.72. The van der Waals surface area contributed by atoms with Crippen LogP contribution in [-0.2, 0) is 14.8 Å². The summed E-state index contributed by atoms with van der Waals surface area (Å²) in [6, 6.07) is 4.18. The van der Waals surface area contributed by atoms with E-state index in [1.807, 2.05) is 40.7 Å². The standard InChI is InChI=1S/C20H32N4O4S/c1-14-7-8-17(13-15(14)2)29(27,28)24-11-9-23(10-12-24)16(3)18(25)21-19(26)22-20(4,5)6/h7-8,13,16H,9-12H2,1-6H3,(H2,21,22,25,26)/p+1/t16-/m1/s1. The Kier molecular flexibility index (Phi) is 7.08. The molecule has 0 radical (unpaired) electrons. The lowest BCUT2D eigenvalue weighted by Crippen LogP contribution is -3.19. The molecule has 8 nitrogen and oxygen atoms in total. The van der Waals surface area contributed by atoms with Crippen LogP contribution in [0.25, 0.3) is 0 Å². The Labute approximate surface area is 173 Å². The van der Waals surface area contributed by atoms with Crippen molar-refractivity contribution in [2.24, 2.45) is 0 Å². The van der Waals surface area contributed by atoms with Crippen molar-refractivity contribution in [3.63, 3.8) is 0 Å². The molecule has 2 rings (SSSR count). The summed E-state index contributed by atoms with van der Waals surface area (Å²) >= 11 is 0. The average molecular weight is 426 g/mol. The Morgan fingerprint density at radius 1 is 1.10 bits per heavy atom. The van der Waals surface area contributed by atoms with E-state index in [0.29, 0.717) is 31.1 Å². The van der Waals surface area contributed by atoms with Crippen LogP contribution in [0.1, 0.15) is 38.8 Å². The van der Waals surface area contributed by atoms with Crippen molar-refractivity contribution < 1.29 is 22.9 Å². The van der Waals surface area contributed by atoms with Crippen molar-refractivity contribution in [3.8, 4) is 0 Å². The molecule has 3 N–H and O–H groups in total. The number of hydrogen-bond acceptors (Lipinski definition) is 4. The molecular formula is C20H33N4O4S+. The highest BCUT2D eigenvalue weighted by Gasteiger charge is 2.35. The van der Waals surface area contributed by atoms with Crippen molar-refractivity contribution in [2.75, 3.05) is 26.2 Å². The fourth-order valence-corrected chi connectivity index (χ4v) is 4.77. The molecule has 29 heavy (non-hydrogen) atoms. The minimum absolute atomic E-state index is 0.300.